The van der Waals surface area contributed by atoms with Crippen molar-refractivity contribution in [3.05, 3.63) is 47.2 Å². The van der Waals surface area contributed by atoms with E-state index in [1.807, 2.05) is 0 Å². The van der Waals surface area contributed by atoms with Crippen LogP contribution in [0, 0.1) is 11.6 Å². The van der Waals surface area contributed by atoms with Crippen LogP contribution in [0.3, 0.4) is 0 Å². The van der Waals surface area contributed by atoms with Gasteiger partial charge in [0.2, 0.25) is 11.8 Å². The molecule has 0 saturated carbocycles. The zero-order valence-electron chi connectivity index (χ0n) is 12.4. The summed E-state index contributed by atoms with van der Waals surface area (Å²) in [7, 11) is 0. The molecule has 0 bridgehead atoms. The van der Waals surface area contributed by atoms with Crippen molar-refractivity contribution in [2.24, 2.45) is 0 Å². The van der Waals surface area contributed by atoms with Crippen LogP contribution in [0.4, 0.5) is 8.78 Å². The maximum absolute atomic E-state index is 13.1. The molecule has 1 aromatic heterocycles. The van der Waals surface area contributed by atoms with Gasteiger partial charge in [-0.3, -0.25) is 0 Å². The van der Waals surface area contributed by atoms with Crippen molar-refractivity contribution in [2.45, 2.75) is 39.2 Å². The minimum Gasteiger partial charge on any atom is -0.425 e. The molecule has 1 aromatic carbocycles. The summed E-state index contributed by atoms with van der Waals surface area (Å²) in [6.45, 7) is 6.97. The van der Waals surface area contributed by atoms with E-state index in [9.17, 15) is 8.78 Å². The fourth-order valence-corrected chi connectivity index (χ4v) is 1.83. The molecule has 0 aliphatic heterocycles. The Morgan fingerprint density at radius 1 is 1.10 bits per heavy atom. The molecule has 0 unspecified atom stereocenters. The van der Waals surface area contributed by atoms with E-state index in [1.54, 1.807) is 0 Å². The first-order valence-electron chi connectivity index (χ1n) is 6.84. The zero-order valence-corrected chi connectivity index (χ0v) is 12.4. The molecule has 0 aliphatic carbocycles. The first kappa shape index (κ1) is 15.6. The Morgan fingerprint density at radius 3 is 2.48 bits per heavy atom. The molecule has 0 spiro atoms. The fourth-order valence-electron chi connectivity index (χ4n) is 1.83. The molecule has 114 valence electrons. The number of nitrogens with one attached hydrogen (secondary N) is 1. The summed E-state index contributed by atoms with van der Waals surface area (Å²) in [6.07, 6.45) is 0.916. The molecule has 1 heterocycles. The second-order valence-electron chi connectivity index (χ2n) is 5.94. The number of halogens is 2. The summed E-state index contributed by atoms with van der Waals surface area (Å²) < 4.78 is 31.5. The van der Waals surface area contributed by atoms with E-state index in [0.29, 0.717) is 23.8 Å². The third-order valence-electron chi connectivity index (χ3n) is 2.84. The molecule has 6 heteroatoms. The van der Waals surface area contributed by atoms with Crippen molar-refractivity contribution in [3.8, 4) is 0 Å². The average molecular weight is 295 g/mol. The summed E-state index contributed by atoms with van der Waals surface area (Å²) in [4.78, 5) is 0. The average Bonchev–Trinajstić information content (AvgIpc) is 2.80. The van der Waals surface area contributed by atoms with Crippen molar-refractivity contribution < 1.29 is 13.2 Å². The van der Waals surface area contributed by atoms with Crippen molar-refractivity contribution >= 4 is 0 Å². The van der Waals surface area contributed by atoms with Gasteiger partial charge in [-0.05, 0) is 38.5 Å². The van der Waals surface area contributed by atoms with Gasteiger partial charge in [0.1, 0.15) is 0 Å². The largest absolute Gasteiger partial charge is 0.425 e. The minimum absolute atomic E-state index is 0.0362. The van der Waals surface area contributed by atoms with Gasteiger partial charge in [-0.25, -0.2) is 8.78 Å². The Balaban J connectivity index is 1.92. The van der Waals surface area contributed by atoms with Gasteiger partial charge in [0.25, 0.3) is 0 Å². The van der Waals surface area contributed by atoms with E-state index >= 15 is 0 Å². The highest BCUT2D eigenvalue weighted by Crippen LogP contribution is 2.13. The van der Waals surface area contributed by atoms with Gasteiger partial charge in [0.05, 0.1) is 6.42 Å². The van der Waals surface area contributed by atoms with Gasteiger partial charge >= 0.3 is 0 Å². The topological polar surface area (TPSA) is 51.0 Å². The first-order chi connectivity index (χ1) is 9.83. The molecule has 0 radical (unpaired) electrons. The van der Waals surface area contributed by atoms with E-state index in [2.05, 4.69) is 36.3 Å². The van der Waals surface area contributed by atoms with Crippen molar-refractivity contribution in [3.63, 3.8) is 0 Å². The van der Waals surface area contributed by atoms with Crippen LogP contribution in [0.2, 0.25) is 0 Å². The fraction of sp³-hybridized carbons (Fsp3) is 0.467. The Bertz CT molecular complexity index is 605. The lowest BCUT2D eigenvalue weighted by molar-refractivity contribution is 0.403. The van der Waals surface area contributed by atoms with E-state index < -0.39 is 11.6 Å². The molecule has 2 aromatic rings. The summed E-state index contributed by atoms with van der Waals surface area (Å²) in [6, 6.07) is 3.74. The highest BCUT2D eigenvalue weighted by Gasteiger charge is 2.11. The summed E-state index contributed by atoms with van der Waals surface area (Å²) in [5.41, 5.74) is 0.631. The van der Waals surface area contributed by atoms with Crippen LogP contribution in [-0.4, -0.2) is 22.3 Å². The Labute approximate surface area is 122 Å². The lowest BCUT2D eigenvalue weighted by atomic mass is 10.1. The Kier molecular flexibility index (Phi) is 4.67. The molecule has 4 nitrogen and oxygen atoms in total. The molecular weight excluding hydrogens is 276 g/mol. The van der Waals surface area contributed by atoms with Crippen LogP contribution < -0.4 is 5.32 Å². The smallest absolute Gasteiger partial charge is 0.220 e. The first-order valence-corrected chi connectivity index (χ1v) is 6.84. The standard InChI is InChI=1S/C15H19F2N3O/c1-15(2,3)18-7-6-13-19-20-14(21-13)9-10-4-5-11(16)12(17)8-10/h4-5,8,18H,6-7,9H2,1-3H3. The molecule has 0 aliphatic rings. The van der Waals surface area contributed by atoms with Gasteiger partial charge in [-0.2, -0.15) is 0 Å². The number of hydrogen-bond acceptors (Lipinski definition) is 4. The highest BCUT2D eigenvalue weighted by molar-refractivity contribution is 5.20. The highest BCUT2D eigenvalue weighted by atomic mass is 19.2. The molecule has 21 heavy (non-hydrogen) atoms. The number of aromatic nitrogens is 2. The third kappa shape index (κ3) is 4.90. The van der Waals surface area contributed by atoms with Gasteiger partial charge < -0.3 is 9.73 Å². The number of rotatable bonds is 5. The van der Waals surface area contributed by atoms with Crippen LogP contribution in [0.1, 0.15) is 38.1 Å². The van der Waals surface area contributed by atoms with E-state index in [4.69, 9.17) is 4.42 Å². The van der Waals surface area contributed by atoms with E-state index in [1.165, 1.54) is 6.07 Å². The van der Waals surface area contributed by atoms with Crippen molar-refractivity contribution in [1.82, 2.24) is 15.5 Å². The van der Waals surface area contributed by atoms with E-state index in [-0.39, 0.29) is 12.0 Å². The number of nitrogens with zero attached hydrogens (tertiary/aromatic N) is 2. The van der Waals surface area contributed by atoms with Crippen molar-refractivity contribution in [1.29, 1.82) is 0 Å². The maximum Gasteiger partial charge on any atom is 0.220 e. The number of benzene rings is 1. The lowest BCUT2D eigenvalue weighted by Crippen LogP contribution is -2.37. The van der Waals surface area contributed by atoms with Gasteiger partial charge in [-0.15, -0.1) is 10.2 Å². The molecule has 1 N–H and O–H groups in total. The van der Waals surface area contributed by atoms with Crippen molar-refractivity contribution in [2.75, 3.05) is 6.54 Å². The second kappa shape index (κ2) is 6.30. The minimum atomic E-state index is -0.874. The SMILES string of the molecule is CC(C)(C)NCCc1nnc(Cc2ccc(F)c(F)c2)o1. The molecular formula is C15H19F2N3O. The molecule has 0 saturated heterocycles. The number of hydrogen-bond donors (Lipinski definition) is 1. The quantitative estimate of drug-likeness (QED) is 0.921. The van der Waals surface area contributed by atoms with Crippen LogP contribution in [0.15, 0.2) is 22.6 Å². The van der Waals surface area contributed by atoms with Gasteiger partial charge in [-0.1, -0.05) is 6.07 Å². The predicted octanol–water partition coefficient (Wildman–Crippen LogP) is 2.87. The Morgan fingerprint density at radius 2 is 1.81 bits per heavy atom. The molecule has 0 amide bonds. The molecule has 0 atom stereocenters. The lowest BCUT2D eigenvalue weighted by Gasteiger charge is -2.19. The second-order valence-corrected chi connectivity index (χ2v) is 5.94. The molecule has 0 fully saturated rings. The molecule has 2 rings (SSSR count). The summed E-state index contributed by atoms with van der Waals surface area (Å²) in [5.74, 6) is -0.809. The van der Waals surface area contributed by atoms with Crippen LogP contribution >= 0.6 is 0 Å². The predicted molar refractivity (Wildman–Crippen MR) is 74.9 cm³/mol. The van der Waals surface area contributed by atoms with Gasteiger partial charge in [0, 0.05) is 18.5 Å². The third-order valence-corrected chi connectivity index (χ3v) is 2.84. The summed E-state index contributed by atoms with van der Waals surface area (Å²) >= 11 is 0. The van der Waals surface area contributed by atoms with Gasteiger partial charge in [0.15, 0.2) is 11.6 Å². The monoisotopic (exact) mass is 295 g/mol. The summed E-state index contributed by atoms with van der Waals surface area (Å²) in [5, 5.41) is 11.2. The van der Waals surface area contributed by atoms with E-state index in [0.717, 1.165) is 18.7 Å². The maximum atomic E-state index is 13.1. The van der Waals surface area contributed by atoms with Crippen LogP contribution in [0.5, 0.6) is 0 Å². The Hall–Kier alpha value is -1.82. The van der Waals surface area contributed by atoms with Crippen LogP contribution in [-0.2, 0) is 12.8 Å². The normalized spacial score (nSPS) is 11.9. The zero-order chi connectivity index (χ0) is 15.5. The van der Waals surface area contributed by atoms with Crippen LogP contribution in [0.25, 0.3) is 0 Å².